The number of amides is 1. The van der Waals surface area contributed by atoms with Crippen molar-refractivity contribution in [3.63, 3.8) is 0 Å². The van der Waals surface area contributed by atoms with E-state index in [1.54, 1.807) is 20.3 Å². The molecule has 1 amide bonds. The number of carbonyl (C=O) groups is 1. The van der Waals surface area contributed by atoms with Crippen LogP contribution in [0.25, 0.3) is 6.08 Å². The van der Waals surface area contributed by atoms with Crippen LogP contribution in [0.4, 0.5) is 5.69 Å². The van der Waals surface area contributed by atoms with Gasteiger partial charge in [0.2, 0.25) is 11.7 Å². The van der Waals surface area contributed by atoms with Crippen LogP contribution in [0.1, 0.15) is 75.0 Å². The lowest BCUT2D eigenvalue weighted by Crippen LogP contribution is -2.48. The van der Waals surface area contributed by atoms with E-state index in [1.165, 1.54) is 61.8 Å². The summed E-state index contributed by atoms with van der Waals surface area (Å²) < 4.78 is 17.3. The van der Waals surface area contributed by atoms with E-state index in [0.29, 0.717) is 36.9 Å². The summed E-state index contributed by atoms with van der Waals surface area (Å²) in [5.41, 5.74) is 4.66. The van der Waals surface area contributed by atoms with Gasteiger partial charge in [0.05, 0.1) is 20.8 Å². The van der Waals surface area contributed by atoms with Gasteiger partial charge in [-0.3, -0.25) is 4.79 Å². The molecule has 3 rings (SSSR count). The van der Waals surface area contributed by atoms with Crippen molar-refractivity contribution in [2.75, 3.05) is 51.9 Å². The zero-order valence-corrected chi connectivity index (χ0v) is 24.8. The van der Waals surface area contributed by atoms with Crippen molar-refractivity contribution in [2.24, 2.45) is 0 Å². The first-order chi connectivity index (χ1) is 19.0. The average molecular weight is 537 g/mol. The molecule has 0 atom stereocenters. The molecule has 2 aromatic carbocycles. The molecule has 1 fully saturated rings. The van der Waals surface area contributed by atoms with Crippen LogP contribution in [0.2, 0.25) is 0 Å². The normalized spacial score (nSPS) is 13.7. The van der Waals surface area contributed by atoms with Gasteiger partial charge in [-0.05, 0) is 67.3 Å². The molecule has 39 heavy (non-hydrogen) atoms. The van der Waals surface area contributed by atoms with Gasteiger partial charge in [0, 0.05) is 37.9 Å². The van der Waals surface area contributed by atoms with Gasteiger partial charge in [-0.15, -0.1) is 0 Å². The predicted molar refractivity (Wildman–Crippen MR) is 161 cm³/mol. The van der Waals surface area contributed by atoms with Crippen molar-refractivity contribution in [1.29, 1.82) is 0 Å². The molecule has 0 bridgehead atoms. The van der Waals surface area contributed by atoms with E-state index in [0.717, 1.165) is 25.1 Å². The Kier molecular flexibility index (Phi) is 12.5. The van der Waals surface area contributed by atoms with Crippen molar-refractivity contribution in [2.45, 2.75) is 72.1 Å². The summed E-state index contributed by atoms with van der Waals surface area (Å²) >= 11 is 0. The fourth-order valence-corrected chi connectivity index (χ4v) is 4.93. The SMILES string of the molecule is CCCCCCCCCCOc1c(OC)cc(/C=C/C(=O)N2CCN(c3ccc(C)c(C)c3)CC2)cc1OC. The number of unbranched alkanes of at least 4 members (excludes halogenated alkanes) is 7. The second-order valence-electron chi connectivity index (χ2n) is 10.5. The van der Waals surface area contributed by atoms with Crippen LogP contribution in [-0.4, -0.2) is 57.8 Å². The Hall–Kier alpha value is -3.15. The summed E-state index contributed by atoms with van der Waals surface area (Å²) in [6.45, 7) is 10.2. The average Bonchev–Trinajstić information content (AvgIpc) is 2.96. The summed E-state index contributed by atoms with van der Waals surface area (Å²) in [5.74, 6) is 1.86. The third-order valence-corrected chi connectivity index (χ3v) is 7.59. The minimum absolute atomic E-state index is 0.0164. The Morgan fingerprint density at radius 3 is 2.03 bits per heavy atom. The third kappa shape index (κ3) is 9.22. The highest BCUT2D eigenvalue weighted by molar-refractivity contribution is 5.92. The van der Waals surface area contributed by atoms with Gasteiger partial charge >= 0.3 is 0 Å². The van der Waals surface area contributed by atoms with Crippen LogP contribution in [-0.2, 0) is 4.79 Å². The van der Waals surface area contributed by atoms with Gasteiger partial charge in [-0.25, -0.2) is 0 Å². The molecule has 1 aliphatic heterocycles. The number of hydrogen-bond acceptors (Lipinski definition) is 5. The maximum atomic E-state index is 12.9. The number of hydrogen-bond donors (Lipinski definition) is 0. The highest BCUT2D eigenvalue weighted by atomic mass is 16.5. The molecule has 2 aromatic rings. The maximum Gasteiger partial charge on any atom is 0.246 e. The first-order valence-corrected chi connectivity index (χ1v) is 14.6. The third-order valence-electron chi connectivity index (χ3n) is 7.59. The number of rotatable bonds is 15. The molecule has 1 heterocycles. The highest BCUT2D eigenvalue weighted by Crippen LogP contribution is 2.39. The molecular weight excluding hydrogens is 488 g/mol. The summed E-state index contributed by atoms with van der Waals surface area (Å²) in [6.07, 6.45) is 13.5. The number of piperazine rings is 1. The van der Waals surface area contributed by atoms with Crippen molar-refractivity contribution >= 4 is 17.7 Å². The first-order valence-electron chi connectivity index (χ1n) is 14.6. The van der Waals surface area contributed by atoms with Crippen LogP contribution in [0.15, 0.2) is 36.4 Å². The minimum atomic E-state index is 0.0164. The van der Waals surface area contributed by atoms with Crippen molar-refractivity contribution in [1.82, 2.24) is 4.90 Å². The van der Waals surface area contributed by atoms with Crippen LogP contribution in [0, 0.1) is 13.8 Å². The Balaban J connectivity index is 1.51. The lowest BCUT2D eigenvalue weighted by Gasteiger charge is -2.36. The van der Waals surface area contributed by atoms with E-state index in [-0.39, 0.29) is 5.91 Å². The van der Waals surface area contributed by atoms with Crippen molar-refractivity contribution in [3.05, 3.63) is 53.1 Å². The van der Waals surface area contributed by atoms with E-state index in [4.69, 9.17) is 14.2 Å². The topological polar surface area (TPSA) is 51.2 Å². The number of nitrogens with zero attached hydrogens (tertiary/aromatic N) is 2. The van der Waals surface area contributed by atoms with E-state index in [9.17, 15) is 4.79 Å². The summed E-state index contributed by atoms with van der Waals surface area (Å²) in [7, 11) is 3.26. The largest absolute Gasteiger partial charge is 0.493 e. The lowest BCUT2D eigenvalue weighted by molar-refractivity contribution is -0.126. The maximum absolute atomic E-state index is 12.9. The monoisotopic (exact) mass is 536 g/mol. The number of methoxy groups -OCH3 is 2. The summed E-state index contributed by atoms with van der Waals surface area (Å²) in [5, 5.41) is 0. The molecule has 0 aliphatic carbocycles. The molecule has 6 heteroatoms. The second-order valence-corrected chi connectivity index (χ2v) is 10.5. The zero-order valence-electron chi connectivity index (χ0n) is 24.8. The number of benzene rings is 2. The smallest absolute Gasteiger partial charge is 0.246 e. The van der Waals surface area contributed by atoms with Gasteiger partial charge in [-0.2, -0.15) is 0 Å². The van der Waals surface area contributed by atoms with E-state index < -0.39 is 0 Å². The molecule has 1 saturated heterocycles. The second kappa shape index (κ2) is 16.1. The van der Waals surface area contributed by atoms with Gasteiger partial charge in [0.25, 0.3) is 0 Å². The van der Waals surface area contributed by atoms with Gasteiger partial charge in [-0.1, -0.05) is 57.9 Å². The highest BCUT2D eigenvalue weighted by Gasteiger charge is 2.20. The van der Waals surface area contributed by atoms with Crippen molar-refractivity contribution < 1.29 is 19.0 Å². The number of carbonyl (C=O) groups excluding carboxylic acids is 1. The molecule has 214 valence electrons. The zero-order chi connectivity index (χ0) is 28.0. The fraction of sp³-hybridized carbons (Fsp3) is 0.545. The van der Waals surface area contributed by atoms with Crippen LogP contribution < -0.4 is 19.1 Å². The van der Waals surface area contributed by atoms with Crippen molar-refractivity contribution in [3.8, 4) is 17.2 Å². The molecule has 0 radical (unpaired) electrons. The number of aryl methyl sites for hydroxylation is 2. The standard InChI is InChI=1S/C33H48N2O4/c1-6-7-8-9-10-11-12-13-22-39-33-30(37-4)24-28(25-31(33)38-5)15-17-32(36)35-20-18-34(19-21-35)29-16-14-26(2)27(3)23-29/h14-17,23-25H,6-13,18-22H2,1-5H3/b17-15+. The van der Waals surface area contributed by atoms with Crippen LogP contribution in [0.3, 0.4) is 0 Å². The number of ether oxygens (including phenoxy) is 3. The Morgan fingerprint density at radius 2 is 1.44 bits per heavy atom. The first kappa shape index (κ1) is 30.4. The molecule has 0 saturated carbocycles. The van der Waals surface area contributed by atoms with Crippen LogP contribution in [0.5, 0.6) is 17.2 Å². The Labute approximate surface area is 235 Å². The molecule has 0 unspecified atom stereocenters. The van der Waals surface area contributed by atoms with E-state index >= 15 is 0 Å². The quantitative estimate of drug-likeness (QED) is 0.178. The van der Waals surface area contributed by atoms with E-state index in [2.05, 4.69) is 43.9 Å². The fourth-order valence-electron chi connectivity index (χ4n) is 4.93. The van der Waals surface area contributed by atoms with E-state index in [1.807, 2.05) is 23.1 Å². The Morgan fingerprint density at radius 1 is 0.821 bits per heavy atom. The molecule has 0 N–H and O–H groups in total. The molecule has 1 aliphatic rings. The molecule has 0 spiro atoms. The van der Waals surface area contributed by atoms with Gasteiger partial charge in [0.1, 0.15) is 0 Å². The summed E-state index contributed by atoms with van der Waals surface area (Å²) in [4.78, 5) is 17.2. The molecule has 6 nitrogen and oxygen atoms in total. The molecule has 0 aromatic heterocycles. The Bertz CT molecular complexity index is 1050. The van der Waals surface area contributed by atoms with Crippen LogP contribution >= 0.6 is 0 Å². The van der Waals surface area contributed by atoms with Gasteiger partial charge in [0.15, 0.2) is 11.5 Å². The van der Waals surface area contributed by atoms with Gasteiger partial charge < -0.3 is 24.0 Å². The number of anilines is 1. The summed E-state index contributed by atoms with van der Waals surface area (Å²) in [6, 6.07) is 10.4. The minimum Gasteiger partial charge on any atom is -0.493 e. The molecular formula is C33H48N2O4. The predicted octanol–water partition coefficient (Wildman–Crippen LogP) is 7.20. The lowest BCUT2D eigenvalue weighted by atomic mass is 10.1.